The summed E-state index contributed by atoms with van der Waals surface area (Å²) in [5.74, 6) is 1.30. The van der Waals surface area contributed by atoms with Crippen molar-refractivity contribution in [1.82, 2.24) is 20.1 Å². The SMILES string of the molecule is Cc1ccc(-n2c(CNC(=O)C=Cc3ccccc3)nnc2SCc2cccc(C)c2)cc1. The molecule has 1 heterocycles. The van der Waals surface area contributed by atoms with Gasteiger partial charge in [-0.15, -0.1) is 10.2 Å². The summed E-state index contributed by atoms with van der Waals surface area (Å²) in [6.45, 7) is 4.43. The number of nitrogens with zero attached hydrogens (tertiary/aromatic N) is 3. The Morgan fingerprint density at radius 1 is 0.939 bits per heavy atom. The second kappa shape index (κ2) is 10.8. The van der Waals surface area contributed by atoms with Gasteiger partial charge in [-0.3, -0.25) is 9.36 Å². The van der Waals surface area contributed by atoms with Gasteiger partial charge in [0.05, 0.1) is 6.54 Å². The number of hydrogen-bond acceptors (Lipinski definition) is 4. The van der Waals surface area contributed by atoms with E-state index in [4.69, 9.17) is 0 Å². The van der Waals surface area contributed by atoms with Crippen LogP contribution in [-0.2, 0) is 17.1 Å². The summed E-state index contributed by atoms with van der Waals surface area (Å²) in [5, 5.41) is 12.5. The van der Waals surface area contributed by atoms with Crippen molar-refractivity contribution in [3.8, 4) is 5.69 Å². The lowest BCUT2D eigenvalue weighted by atomic mass is 10.2. The maximum absolute atomic E-state index is 12.4. The van der Waals surface area contributed by atoms with E-state index in [2.05, 4.69) is 77.9 Å². The summed E-state index contributed by atoms with van der Waals surface area (Å²) in [6.07, 6.45) is 3.33. The van der Waals surface area contributed by atoms with E-state index in [1.54, 1.807) is 17.8 Å². The lowest BCUT2D eigenvalue weighted by molar-refractivity contribution is -0.116. The second-order valence-corrected chi connectivity index (χ2v) is 8.75. The van der Waals surface area contributed by atoms with Gasteiger partial charge in [0.25, 0.3) is 0 Å². The molecule has 0 atom stereocenters. The van der Waals surface area contributed by atoms with Gasteiger partial charge in [-0.2, -0.15) is 0 Å². The summed E-state index contributed by atoms with van der Waals surface area (Å²) < 4.78 is 2.01. The standard InChI is InChI=1S/C27H26N4OS/c1-20-11-14-24(15-12-20)31-25(18-28-26(32)16-13-22-8-4-3-5-9-22)29-30-27(31)33-19-23-10-6-7-21(2)17-23/h3-17H,18-19H2,1-2H3,(H,28,32). The molecule has 0 aliphatic rings. The zero-order valence-corrected chi connectivity index (χ0v) is 19.5. The number of aryl methyl sites for hydroxylation is 2. The van der Waals surface area contributed by atoms with E-state index in [-0.39, 0.29) is 12.5 Å². The summed E-state index contributed by atoms with van der Waals surface area (Å²) in [6, 6.07) is 26.4. The predicted molar refractivity (Wildman–Crippen MR) is 134 cm³/mol. The van der Waals surface area contributed by atoms with Crippen LogP contribution in [0.25, 0.3) is 11.8 Å². The van der Waals surface area contributed by atoms with E-state index in [0.717, 1.165) is 22.2 Å². The summed E-state index contributed by atoms with van der Waals surface area (Å²) in [7, 11) is 0. The van der Waals surface area contributed by atoms with E-state index in [1.165, 1.54) is 22.8 Å². The molecule has 4 rings (SSSR count). The van der Waals surface area contributed by atoms with Crippen molar-refractivity contribution in [2.45, 2.75) is 31.3 Å². The van der Waals surface area contributed by atoms with E-state index in [9.17, 15) is 4.79 Å². The van der Waals surface area contributed by atoms with E-state index in [0.29, 0.717) is 5.82 Å². The Labute approximate surface area is 198 Å². The normalized spacial score (nSPS) is 11.1. The first kappa shape index (κ1) is 22.6. The van der Waals surface area contributed by atoms with E-state index >= 15 is 0 Å². The maximum atomic E-state index is 12.4. The highest BCUT2D eigenvalue weighted by atomic mass is 32.2. The lowest BCUT2D eigenvalue weighted by Gasteiger charge is -2.11. The fourth-order valence-corrected chi connectivity index (χ4v) is 4.29. The number of carbonyl (C=O) groups is 1. The molecule has 0 spiro atoms. The topological polar surface area (TPSA) is 59.8 Å². The first-order valence-corrected chi connectivity index (χ1v) is 11.8. The van der Waals surface area contributed by atoms with Gasteiger partial charge in [-0.1, -0.05) is 89.6 Å². The lowest BCUT2D eigenvalue weighted by Crippen LogP contribution is -2.22. The minimum absolute atomic E-state index is 0.175. The van der Waals surface area contributed by atoms with Crippen LogP contribution in [0.2, 0.25) is 0 Å². The minimum atomic E-state index is -0.175. The van der Waals surface area contributed by atoms with Crippen molar-refractivity contribution in [2.24, 2.45) is 0 Å². The Hall–Kier alpha value is -3.64. The fraction of sp³-hybridized carbons (Fsp3) is 0.148. The fourth-order valence-electron chi connectivity index (χ4n) is 3.37. The molecular weight excluding hydrogens is 428 g/mol. The predicted octanol–water partition coefficient (Wildman–Crippen LogP) is 5.51. The molecule has 0 aliphatic heterocycles. The van der Waals surface area contributed by atoms with Crippen molar-refractivity contribution in [3.63, 3.8) is 0 Å². The first-order chi connectivity index (χ1) is 16.1. The molecule has 166 valence electrons. The number of rotatable bonds is 8. The van der Waals surface area contributed by atoms with Crippen LogP contribution < -0.4 is 5.32 Å². The average molecular weight is 455 g/mol. The summed E-state index contributed by atoms with van der Waals surface area (Å²) >= 11 is 1.63. The van der Waals surface area contributed by atoms with Crippen LogP contribution in [0.5, 0.6) is 0 Å². The Bertz CT molecular complexity index is 1250. The van der Waals surface area contributed by atoms with Crippen LogP contribution in [0.15, 0.2) is 90.1 Å². The third kappa shape index (κ3) is 6.20. The zero-order chi connectivity index (χ0) is 23.0. The largest absolute Gasteiger partial charge is 0.345 e. The van der Waals surface area contributed by atoms with Gasteiger partial charge in [0, 0.05) is 17.5 Å². The van der Waals surface area contributed by atoms with Crippen molar-refractivity contribution < 1.29 is 4.79 Å². The number of carbonyl (C=O) groups excluding carboxylic acids is 1. The molecule has 0 saturated carbocycles. The number of hydrogen-bond donors (Lipinski definition) is 1. The number of thioether (sulfide) groups is 1. The zero-order valence-electron chi connectivity index (χ0n) is 18.7. The van der Waals surface area contributed by atoms with Gasteiger partial charge in [0.1, 0.15) is 0 Å². The van der Waals surface area contributed by atoms with Crippen molar-refractivity contribution in [3.05, 3.63) is 113 Å². The van der Waals surface area contributed by atoms with Crippen molar-refractivity contribution >= 4 is 23.7 Å². The monoisotopic (exact) mass is 454 g/mol. The second-order valence-electron chi connectivity index (χ2n) is 7.81. The van der Waals surface area contributed by atoms with Crippen LogP contribution in [-0.4, -0.2) is 20.7 Å². The summed E-state index contributed by atoms with van der Waals surface area (Å²) in [4.78, 5) is 12.4. The molecule has 1 aromatic heterocycles. The molecule has 0 aliphatic carbocycles. The van der Waals surface area contributed by atoms with E-state index < -0.39 is 0 Å². The van der Waals surface area contributed by atoms with Crippen molar-refractivity contribution in [1.29, 1.82) is 0 Å². The molecule has 5 nitrogen and oxygen atoms in total. The quantitative estimate of drug-likeness (QED) is 0.282. The first-order valence-electron chi connectivity index (χ1n) is 10.8. The number of aromatic nitrogens is 3. The van der Waals surface area contributed by atoms with Crippen LogP contribution in [0.4, 0.5) is 0 Å². The molecule has 6 heteroatoms. The van der Waals surface area contributed by atoms with Gasteiger partial charge in [-0.05, 0) is 43.2 Å². The Kier molecular flexibility index (Phi) is 7.37. The molecule has 1 amide bonds. The molecule has 0 bridgehead atoms. The average Bonchev–Trinajstić information content (AvgIpc) is 3.24. The molecule has 1 N–H and O–H groups in total. The van der Waals surface area contributed by atoms with Crippen LogP contribution >= 0.6 is 11.8 Å². The van der Waals surface area contributed by atoms with Crippen LogP contribution in [0, 0.1) is 13.8 Å². The molecule has 0 saturated heterocycles. The van der Waals surface area contributed by atoms with Crippen molar-refractivity contribution in [2.75, 3.05) is 0 Å². The third-order valence-corrected chi connectivity index (χ3v) is 6.09. The number of nitrogens with one attached hydrogen (secondary N) is 1. The molecule has 0 fully saturated rings. The van der Waals surface area contributed by atoms with Gasteiger partial charge < -0.3 is 5.32 Å². The third-order valence-electron chi connectivity index (χ3n) is 5.09. The highest BCUT2D eigenvalue weighted by Gasteiger charge is 2.15. The highest BCUT2D eigenvalue weighted by Crippen LogP contribution is 2.26. The Balaban J connectivity index is 1.51. The molecule has 33 heavy (non-hydrogen) atoms. The van der Waals surface area contributed by atoms with Gasteiger partial charge in [0.15, 0.2) is 11.0 Å². The van der Waals surface area contributed by atoms with Crippen LogP contribution in [0.1, 0.15) is 28.1 Å². The number of amides is 1. The summed E-state index contributed by atoms with van der Waals surface area (Å²) in [5.41, 5.74) is 5.60. The highest BCUT2D eigenvalue weighted by molar-refractivity contribution is 7.98. The number of benzene rings is 3. The Morgan fingerprint density at radius 3 is 2.48 bits per heavy atom. The molecule has 0 unspecified atom stereocenters. The van der Waals surface area contributed by atoms with E-state index in [1.807, 2.05) is 34.9 Å². The smallest absolute Gasteiger partial charge is 0.244 e. The molecule has 3 aromatic carbocycles. The minimum Gasteiger partial charge on any atom is -0.345 e. The van der Waals surface area contributed by atoms with Crippen LogP contribution in [0.3, 0.4) is 0 Å². The van der Waals surface area contributed by atoms with Gasteiger partial charge >= 0.3 is 0 Å². The molecular formula is C27H26N4OS. The molecule has 4 aromatic rings. The molecule has 0 radical (unpaired) electrons. The van der Waals surface area contributed by atoms with Gasteiger partial charge in [0.2, 0.25) is 5.91 Å². The van der Waals surface area contributed by atoms with Gasteiger partial charge in [-0.25, -0.2) is 0 Å². The maximum Gasteiger partial charge on any atom is 0.244 e. The Morgan fingerprint density at radius 2 is 1.73 bits per heavy atom.